The number of nitrogens with two attached hydrogens (primary N) is 1. The molecule has 2 rings (SSSR count). The van der Waals surface area contributed by atoms with E-state index in [0.717, 1.165) is 38.2 Å². The van der Waals surface area contributed by atoms with E-state index in [9.17, 15) is 8.63 Å². The lowest BCUT2D eigenvalue weighted by atomic mass is 9.99. The Kier molecular flexibility index (Phi) is 4.43. The average molecular weight is 305 g/mol. The van der Waals surface area contributed by atoms with Gasteiger partial charge in [0.1, 0.15) is 0 Å². The van der Waals surface area contributed by atoms with Crippen molar-refractivity contribution in [1.29, 1.82) is 0 Å². The fourth-order valence-electron chi connectivity index (χ4n) is 2.98. The molecule has 6 heteroatoms. The predicted octanol–water partition coefficient (Wildman–Crippen LogP) is 3.67. The summed E-state index contributed by atoms with van der Waals surface area (Å²) in [5, 5.41) is 0. The van der Waals surface area contributed by atoms with Crippen molar-refractivity contribution in [3.63, 3.8) is 0 Å². The maximum Gasteiger partial charge on any atom is 0.677 e. The van der Waals surface area contributed by atoms with E-state index in [4.69, 9.17) is 5.73 Å². The molecule has 0 saturated heterocycles. The van der Waals surface area contributed by atoms with Crippen molar-refractivity contribution in [3.8, 4) is 0 Å². The summed E-state index contributed by atoms with van der Waals surface area (Å²) in [7, 11) is -2.60. The van der Waals surface area contributed by atoms with Gasteiger partial charge in [0, 0.05) is 29.2 Å². The standard InChI is InChI=1S/C16H22BF2N3/c1-8-10(3)15(21-12(8)5)14(7-20)16-11(4)9(2)13(6)22(16)17(18)19/h7,20H2,1-6H3/b15-14-. The Balaban J connectivity index is 2.83. The number of nitrogens with zero attached hydrogens (tertiary/aromatic N) is 2. The molecule has 118 valence electrons. The van der Waals surface area contributed by atoms with Gasteiger partial charge in [-0.3, -0.25) is 13.6 Å². The van der Waals surface area contributed by atoms with Crippen LogP contribution in [0.15, 0.2) is 21.8 Å². The fourth-order valence-corrected chi connectivity index (χ4v) is 2.98. The van der Waals surface area contributed by atoms with Crippen LogP contribution in [0.1, 0.15) is 43.3 Å². The fraction of sp³-hybridized carbons (Fsp3) is 0.438. The van der Waals surface area contributed by atoms with E-state index in [1.165, 1.54) is 0 Å². The first kappa shape index (κ1) is 16.7. The molecule has 0 aromatic carbocycles. The Bertz CT molecular complexity index is 724. The second-order valence-electron chi connectivity index (χ2n) is 5.81. The van der Waals surface area contributed by atoms with Crippen LogP contribution in [-0.4, -0.2) is 24.1 Å². The van der Waals surface area contributed by atoms with Crippen LogP contribution in [0.5, 0.6) is 0 Å². The quantitative estimate of drug-likeness (QED) is 0.851. The van der Waals surface area contributed by atoms with E-state index in [2.05, 4.69) is 4.99 Å². The summed E-state index contributed by atoms with van der Waals surface area (Å²) in [6.07, 6.45) is 0. The van der Waals surface area contributed by atoms with Gasteiger partial charge in [-0.1, -0.05) is 0 Å². The van der Waals surface area contributed by atoms with Gasteiger partial charge >= 0.3 is 7.40 Å². The molecule has 0 amide bonds. The van der Waals surface area contributed by atoms with Crippen LogP contribution >= 0.6 is 0 Å². The number of hydrogen-bond donors (Lipinski definition) is 1. The zero-order chi connectivity index (χ0) is 16.8. The van der Waals surface area contributed by atoms with Crippen molar-refractivity contribution in [3.05, 3.63) is 39.4 Å². The number of hydrogen-bond acceptors (Lipinski definition) is 2. The van der Waals surface area contributed by atoms with Crippen LogP contribution in [0, 0.1) is 20.8 Å². The number of aromatic nitrogens is 1. The predicted molar refractivity (Wildman–Crippen MR) is 89.5 cm³/mol. The number of rotatable bonds is 3. The monoisotopic (exact) mass is 305 g/mol. The van der Waals surface area contributed by atoms with E-state index >= 15 is 0 Å². The van der Waals surface area contributed by atoms with Gasteiger partial charge in [0.15, 0.2) is 0 Å². The highest BCUT2D eigenvalue weighted by Crippen LogP contribution is 2.35. The molecule has 1 aliphatic heterocycles. The van der Waals surface area contributed by atoms with Crippen LogP contribution in [0.25, 0.3) is 5.57 Å². The molecule has 3 nitrogen and oxygen atoms in total. The van der Waals surface area contributed by atoms with Crippen LogP contribution < -0.4 is 5.73 Å². The number of aliphatic imine (C=N–C) groups is 1. The molecule has 0 bridgehead atoms. The van der Waals surface area contributed by atoms with Gasteiger partial charge in [-0.2, -0.15) is 0 Å². The van der Waals surface area contributed by atoms with Crippen molar-refractivity contribution < 1.29 is 8.63 Å². The Morgan fingerprint density at radius 3 is 2.05 bits per heavy atom. The minimum atomic E-state index is -2.60. The summed E-state index contributed by atoms with van der Waals surface area (Å²) >= 11 is 0. The maximum atomic E-state index is 13.6. The summed E-state index contributed by atoms with van der Waals surface area (Å²) in [6, 6.07) is 0. The molecular formula is C16H22BF2N3. The lowest BCUT2D eigenvalue weighted by Crippen LogP contribution is -2.20. The van der Waals surface area contributed by atoms with E-state index in [1.807, 2.05) is 34.6 Å². The van der Waals surface area contributed by atoms with E-state index < -0.39 is 7.40 Å². The summed E-state index contributed by atoms with van der Waals surface area (Å²) in [5.74, 6) is 0. The third-order valence-electron chi connectivity index (χ3n) is 4.77. The molecule has 0 spiro atoms. The first-order chi connectivity index (χ1) is 10.2. The van der Waals surface area contributed by atoms with Gasteiger partial charge in [-0.15, -0.1) is 0 Å². The zero-order valence-electron chi connectivity index (χ0n) is 14.0. The first-order valence-electron chi connectivity index (χ1n) is 7.35. The lowest BCUT2D eigenvalue weighted by Gasteiger charge is -2.14. The molecule has 0 saturated carbocycles. The van der Waals surface area contributed by atoms with Gasteiger partial charge in [-0.05, 0) is 63.8 Å². The Hall–Kier alpha value is -1.69. The van der Waals surface area contributed by atoms with Crippen molar-refractivity contribution in [2.75, 3.05) is 6.54 Å². The average Bonchev–Trinajstić information content (AvgIpc) is 2.84. The zero-order valence-corrected chi connectivity index (χ0v) is 14.0. The van der Waals surface area contributed by atoms with Crippen LogP contribution in [0.3, 0.4) is 0 Å². The maximum absolute atomic E-state index is 13.6. The third kappa shape index (κ3) is 2.35. The molecular weight excluding hydrogens is 283 g/mol. The Morgan fingerprint density at radius 2 is 1.64 bits per heavy atom. The molecule has 0 unspecified atom stereocenters. The molecule has 22 heavy (non-hydrogen) atoms. The summed E-state index contributed by atoms with van der Waals surface area (Å²) in [5.41, 5.74) is 13.2. The highest BCUT2D eigenvalue weighted by Gasteiger charge is 2.30. The van der Waals surface area contributed by atoms with Gasteiger partial charge in [0.25, 0.3) is 0 Å². The van der Waals surface area contributed by atoms with Crippen molar-refractivity contribution >= 4 is 18.7 Å². The van der Waals surface area contributed by atoms with E-state index in [-0.39, 0.29) is 6.54 Å². The molecule has 0 atom stereocenters. The molecule has 2 N–H and O–H groups in total. The summed E-state index contributed by atoms with van der Waals surface area (Å²) < 4.78 is 28.2. The lowest BCUT2D eigenvalue weighted by molar-refractivity contribution is 0.623. The SMILES string of the molecule is CC1=N/C(=C(/CN)c2c(C)c(C)c(C)n2B(F)F)C(C)=C1C. The molecule has 2 heterocycles. The Labute approximate surface area is 130 Å². The third-order valence-corrected chi connectivity index (χ3v) is 4.77. The van der Waals surface area contributed by atoms with Gasteiger partial charge in [0.2, 0.25) is 0 Å². The minimum Gasteiger partial charge on any atom is -0.329 e. The van der Waals surface area contributed by atoms with E-state index in [1.54, 1.807) is 6.92 Å². The van der Waals surface area contributed by atoms with Crippen molar-refractivity contribution in [1.82, 2.24) is 4.48 Å². The van der Waals surface area contributed by atoms with E-state index in [0.29, 0.717) is 17.0 Å². The normalized spacial score (nSPS) is 17.2. The van der Waals surface area contributed by atoms with Crippen LogP contribution in [-0.2, 0) is 0 Å². The second-order valence-corrected chi connectivity index (χ2v) is 5.81. The van der Waals surface area contributed by atoms with Crippen LogP contribution in [0.2, 0.25) is 0 Å². The van der Waals surface area contributed by atoms with Crippen molar-refractivity contribution in [2.45, 2.75) is 41.5 Å². The highest BCUT2D eigenvalue weighted by atomic mass is 19.2. The largest absolute Gasteiger partial charge is 0.677 e. The summed E-state index contributed by atoms with van der Waals surface area (Å²) in [6.45, 7) is 11.5. The number of halogens is 2. The number of allylic oxidation sites excluding steroid dienone is 2. The van der Waals surface area contributed by atoms with Gasteiger partial charge in [0.05, 0.1) is 5.70 Å². The highest BCUT2D eigenvalue weighted by molar-refractivity contribution is 6.41. The molecule has 1 aromatic rings. The smallest absolute Gasteiger partial charge is 0.329 e. The molecule has 0 fully saturated rings. The van der Waals surface area contributed by atoms with Crippen LogP contribution in [0.4, 0.5) is 8.63 Å². The molecule has 1 aromatic heterocycles. The topological polar surface area (TPSA) is 43.3 Å². The first-order valence-corrected chi connectivity index (χ1v) is 7.35. The van der Waals surface area contributed by atoms with Crippen molar-refractivity contribution in [2.24, 2.45) is 10.7 Å². The second kappa shape index (κ2) is 5.84. The Morgan fingerprint density at radius 1 is 1.05 bits per heavy atom. The van der Waals surface area contributed by atoms with Gasteiger partial charge in [-0.25, -0.2) is 0 Å². The van der Waals surface area contributed by atoms with Gasteiger partial charge < -0.3 is 10.2 Å². The molecule has 1 aliphatic rings. The summed E-state index contributed by atoms with van der Waals surface area (Å²) in [4.78, 5) is 4.56. The molecule has 0 aliphatic carbocycles. The minimum absolute atomic E-state index is 0.174. The molecule has 0 radical (unpaired) electrons.